The normalized spacial score (nSPS) is 13.2. The molecule has 0 aliphatic rings. The van der Waals surface area contributed by atoms with Crippen LogP contribution in [0.3, 0.4) is 0 Å². The van der Waals surface area contributed by atoms with Gasteiger partial charge in [-0.05, 0) is 52.5 Å². The van der Waals surface area contributed by atoms with E-state index in [2.05, 4.69) is 5.10 Å². The van der Waals surface area contributed by atoms with Crippen LogP contribution in [0.1, 0.15) is 6.85 Å². The summed E-state index contributed by atoms with van der Waals surface area (Å²) in [5, 5.41) is 14.7. The predicted octanol–water partition coefficient (Wildman–Crippen LogP) is 9.81. The number of fused-ring (bicyclic) bond motifs is 8. The molecule has 3 aromatic heterocycles. The Bertz CT molecular complexity index is 3110. The molecule has 0 radical (unpaired) electrons. The van der Waals surface area contributed by atoms with Gasteiger partial charge in [0.25, 0.3) is 0 Å². The van der Waals surface area contributed by atoms with Gasteiger partial charge in [-0.3, -0.25) is 0 Å². The Morgan fingerprint density at radius 1 is 0.542 bits per heavy atom. The maximum atomic E-state index is 8.50. The average molecular weight is 622 g/mol. The SMILES string of the molecule is [2H]c1c([2H])c([2H])c(-n2nc3ccc4ccc5ccc(-c6nc(-c7ccccc7)nc(-c7cccc8oc9ccccc9c78)n6)cc5c4c3n2)c([2H])c1[2H]. The number of rotatable bonds is 4. The van der Waals surface area contributed by atoms with Crippen LogP contribution < -0.4 is 0 Å². The molecule has 0 fully saturated rings. The van der Waals surface area contributed by atoms with E-state index >= 15 is 0 Å². The average Bonchev–Trinajstić information content (AvgIpc) is 3.81. The molecule has 10 aromatic rings. The van der Waals surface area contributed by atoms with E-state index < -0.39 is 18.1 Å². The van der Waals surface area contributed by atoms with Crippen LogP contribution in [0.4, 0.5) is 0 Å². The molecule has 0 aliphatic carbocycles. The number of hydrogen-bond donors (Lipinski definition) is 0. The highest BCUT2D eigenvalue weighted by Gasteiger charge is 2.18. The van der Waals surface area contributed by atoms with E-state index in [0.29, 0.717) is 28.5 Å². The van der Waals surface area contributed by atoms with E-state index in [1.54, 1.807) is 0 Å². The maximum absolute atomic E-state index is 8.50. The molecule has 0 amide bonds. The minimum Gasteiger partial charge on any atom is -0.456 e. The van der Waals surface area contributed by atoms with Gasteiger partial charge in [-0.15, -0.1) is 10.2 Å². The van der Waals surface area contributed by atoms with E-state index in [1.165, 1.54) is 0 Å². The van der Waals surface area contributed by atoms with Crippen LogP contribution in [0.25, 0.3) is 94.4 Å². The molecule has 0 bridgehead atoms. The van der Waals surface area contributed by atoms with E-state index in [9.17, 15) is 0 Å². The molecule has 0 N–H and O–H groups in total. The summed E-state index contributed by atoms with van der Waals surface area (Å²) in [6.45, 7) is 0. The Balaban J connectivity index is 1.21. The first-order valence-electron chi connectivity index (χ1n) is 17.9. The lowest BCUT2D eigenvalue weighted by molar-refractivity contribution is 0.669. The first kappa shape index (κ1) is 21.9. The first-order chi connectivity index (χ1) is 25.8. The van der Waals surface area contributed by atoms with Gasteiger partial charge in [0.15, 0.2) is 17.5 Å². The Hall–Kier alpha value is -6.73. The van der Waals surface area contributed by atoms with Crippen LogP contribution in [-0.4, -0.2) is 29.9 Å². The van der Waals surface area contributed by atoms with Gasteiger partial charge in [0.05, 0.1) is 12.5 Å². The Morgan fingerprint density at radius 2 is 1.27 bits per heavy atom. The summed E-state index contributed by atoms with van der Waals surface area (Å²) in [5.41, 5.74) is 4.86. The van der Waals surface area contributed by atoms with Crippen molar-refractivity contribution in [3.05, 3.63) is 145 Å². The van der Waals surface area contributed by atoms with Gasteiger partial charge in [-0.25, -0.2) is 15.0 Å². The van der Waals surface area contributed by atoms with Crippen LogP contribution in [0, 0.1) is 0 Å². The Labute approximate surface area is 280 Å². The van der Waals surface area contributed by atoms with Gasteiger partial charge < -0.3 is 4.42 Å². The number of benzene rings is 7. The van der Waals surface area contributed by atoms with Gasteiger partial charge in [0.2, 0.25) is 0 Å². The summed E-state index contributed by atoms with van der Waals surface area (Å²) in [6.07, 6.45) is 0. The standard InChI is InChI=1S/C41H24N6O/c1-3-10-27(11-4-1)39-42-40(44-41(43-39)31-15-9-17-35-37(31)30-14-7-8-16-34(30)48-35)28-21-19-25-18-20-26-22-23-33-38(36(26)32(25)24-28)46-47(45-33)29-12-5-2-6-13-29/h1-24H/i2D,5D,6D,12D,13D. The molecular weight excluding hydrogens is 592 g/mol. The van der Waals surface area contributed by atoms with E-state index in [-0.39, 0.29) is 17.8 Å². The van der Waals surface area contributed by atoms with Crippen LogP contribution in [0.15, 0.2) is 150 Å². The van der Waals surface area contributed by atoms with Crippen molar-refractivity contribution in [1.82, 2.24) is 29.9 Å². The highest BCUT2D eigenvalue weighted by molar-refractivity contribution is 6.19. The fourth-order valence-electron chi connectivity index (χ4n) is 6.40. The molecule has 3 heterocycles. The van der Waals surface area contributed by atoms with Gasteiger partial charge in [0.1, 0.15) is 22.2 Å². The van der Waals surface area contributed by atoms with Crippen molar-refractivity contribution in [3.8, 4) is 39.9 Å². The van der Waals surface area contributed by atoms with Crippen molar-refractivity contribution in [1.29, 1.82) is 0 Å². The number of nitrogens with zero attached hydrogens (tertiary/aromatic N) is 6. The number of hydrogen-bond acceptors (Lipinski definition) is 6. The lowest BCUT2D eigenvalue weighted by Crippen LogP contribution is -2.00. The van der Waals surface area contributed by atoms with E-state index in [4.69, 9.17) is 31.3 Å². The molecule has 7 nitrogen and oxygen atoms in total. The third kappa shape index (κ3) is 4.18. The van der Waals surface area contributed by atoms with Crippen molar-refractivity contribution in [2.75, 3.05) is 0 Å². The number of aromatic nitrogens is 6. The molecule has 0 saturated carbocycles. The van der Waals surface area contributed by atoms with Crippen molar-refractivity contribution in [2.24, 2.45) is 0 Å². The Kier molecular flexibility index (Phi) is 4.75. The van der Waals surface area contributed by atoms with Gasteiger partial charge >= 0.3 is 0 Å². The van der Waals surface area contributed by atoms with Crippen LogP contribution >= 0.6 is 0 Å². The fraction of sp³-hybridized carbons (Fsp3) is 0. The molecule has 0 saturated heterocycles. The second kappa shape index (κ2) is 10.4. The highest BCUT2D eigenvalue weighted by atomic mass is 16.3. The second-order valence-corrected chi connectivity index (χ2v) is 11.4. The van der Waals surface area contributed by atoms with Crippen molar-refractivity contribution < 1.29 is 11.3 Å². The molecule has 7 heteroatoms. The summed E-state index contributed by atoms with van der Waals surface area (Å²) < 4.78 is 47.6. The highest BCUT2D eigenvalue weighted by Crippen LogP contribution is 2.37. The zero-order chi connectivity index (χ0) is 36.0. The minimum atomic E-state index is -0.476. The Morgan fingerprint density at radius 3 is 2.17 bits per heavy atom. The summed E-state index contributed by atoms with van der Waals surface area (Å²) in [6, 6.07) is 35.3. The van der Waals surface area contributed by atoms with Crippen LogP contribution in [0.2, 0.25) is 0 Å². The molecular formula is C41H24N6O. The zero-order valence-electron chi connectivity index (χ0n) is 30.1. The third-order valence-corrected chi connectivity index (χ3v) is 8.61. The smallest absolute Gasteiger partial charge is 0.164 e. The molecule has 0 aliphatic heterocycles. The monoisotopic (exact) mass is 621 g/mol. The molecule has 48 heavy (non-hydrogen) atoms. The second-order valence-electron chi connectivity index (χ2n) is 11.4. The van der Waals surface area contributed by atoms with Gasteiger partial charge in [-0.1, -0.05) is 109 Å². The lowest BCUT2D eigenvalue weighted by Gasteiger charge is -2.11. The summed E-state index contributed by atoms with van der Waals surface area (Å²) >= 11 is 0. The predicted molar refractivity (Wildman–Crippen MR) is 191 cm³/mol. The number of furan rings is 1. The molecule has 7 aromatic carbocycles. The number of para-hydroxylation sites is 2. The molecule has 10 rings (SSSR count). The molecule has 0 spiro atoms. The summed E-state index contributed by atoms with van der Waals surface area (Å²) in [5.74, 6) is 1.51. The van der Waals surface area contributed by atoms with Crippen LogP contribution in [-0.2, 0) is 0 Å². The fourth-order valence-corrected chi connectivity index (χ4v) is 6.40. The lowest BCUT2D eigenvalue weighted by atomic mass is 9.98. The van der Waals surface area contributed by atoms with Gasteiger partial charge in [-0.2, -0.15) is 4.80 Å². The quantitative estimate of drug-likeness (QED) is 0.182. The topological polar surface area (TPSA) is 82.5 Å². The minimum absolute atomic E-state index is 0.118. The van der Waals surface area contributed by atoms with Crippen LogP contribution in [0.5, 0.6) is 0 Å². The molecule has 0 atom stereocenters. The van der Waals surface area contributed by atoms with Crippen molar-refractivity contribution in [2.45, 2.75) is 0 Å². The zero-order valence-corrected chi connectivity index (χ0v) is 25.1. The van der Waals surface area contributed by atoms with Crippen molar-refractivity contribution >= 4 is 54.5 Å². The third-order valence-electron chi connectivity index (χ3n) is 8.61. The first-order valence-corrected chi connectivity index (χ1v) is 15.4. The molecule has 224 valence electrons. The van der Waals surface area contributed by atoms with Crippen molar-refractivity contribution in [3.63, 3.8) is 0 Å². The summed E-state index contributed by atoms with van der Waals surface area (Å²) in [7, 11) is 0. The van der Waals surface area contributed by atoms with E-state index in [1.807, 2.05) is 115 Å². The van der Waals surface area contributed by atoms with E-state index in [0.717, 1.165) is 65.0 Å². The largest absolute Gasteiger partial charge is 0.456 e. The van der Waals surface area contributed by atoms with Gasteiger partial charge in [0, 0.05) is 32.8 Å². The molecule has 0 unspecified atom stereocenters. The summed E-state index contributed by atoms with van der Waals surface area (Å²) in [4.78, 5) is 16.2. The maximum Gasteiger partial charge on any atom is 0.164 e.